The predicted octanol–water partition coefficient (Wildman–Crippen LogP) is 3.26. The Bertz CT molecular complexity index is 462. The van der Waals surface area contributed by atoms with E-state index in [1.54, 1.807) is 19.1 Å². The predicted molar refractivity (Wildman–Crippen MR) is 69.7 cm³/mol. The zero-order valence-electron chi connectivity index (χ0n) is 12.0. The van der Waals surface area contributed by atoms with Gasteiger partial charge in [0.05, 0.1) is 10.6 Å². The Kier molecular flexibility index (Phi) is 5.99. The van der Waals surface area contributed by atoms with E-state index < -0.39 is 12.1 Å². The molecule has 0 fully saturated rings. The molecule has 20 heavy (non-hydrogen) atoms. The smallest absolute Gasteiger partial charge is 0.429 e. The van der Waals surface area contributed by atoms with Crippen LogP contribution in [0.25, 0.3) is 0 Å². The Hall–Kier alpha value is -2.08. The molecule has 0 heterocycles. The van der Waals surface area contributed by atoms with Gasteiger partial charge in [-0.1, -0.05) is 24.1 Å². The molecule has 6 nitrogen and oxygen atoms in total. The minimum atomic E-state index is -1.06. The molecular formula is C14H18O6. The van der Waals surface area contributed by atoms with Crippen molar-refractivity contribution in [3.8, 4) is 0 Å². The summed E-state index contributed by atoms with van der Waals surface area (Å²) < 4.78 is 4.75. The van der Waals surface area contributed by atoms with Crippen LogP contribution in [-0.4, -0.2) is 18.2 Å². The van der Waals surface area contributed by atoms with E-state index >= 15 is 0 Å². The van der Waals surface area contributed by atoms with Crippen LogP contribution in [0.1, 0.15) is 41.8 Å². The summed E-state index contributed by atoms with van der Waals surface area (Å²) in [5.41, 5.74) is 2.13. The van der Waals surface area contributed by atoms with Crippen molar-refractivity contribution in [1.82, 2.24) is 0 Å². The number of rotatable bonds is 5. The monoisotopic (exact) mass is 282 g/mol. The Balaban J connectivity index is 2.42. The van der Waals surface area contributed by atoms with Crippen molar-refractivity contribution in [3.05, 3.63) is 34.9 Å². The molecule has 0 spiro atoms. The van der Waals surface area contributed by atoms with E-state index in [0.717, 1.165) is 11.1 Å². The summed E-state index contributed by atoms with van der Waals surface area (Å²) in [6, 6.07) is 5.18. The van der Waals surface area contributed by atoms with Gasteiger partial charge in [-0.05, 0) is 39.3 Å². The van der Waals surface area contributed by atoms with Crippen LogP contribution in [0.15, 0.2) is 18.2 Å². The highest BCUT2D eigenvalue weighted by molar-refractivity contribution is 5.89. The summed E-state index contributed by atoms with van der Waals surface area (Å²) in [6.45, 7) is 7.25. The molecule has 110 valence electrons. The van der Waals surface area contributed by atoms with Crippen molar-refractivity contribution in [3.63, 3.8) is 0 Å². The Labute approximate surface area is 117 Å². The molecule has 0 amide bonds. The number of aryl methyl sites for hydroxylation is 2. The molecule has 0 N–H and O–H groups in total. The summed E-state index contributed by atoms with van der Waals surface area (Å²) in [4.78, 5) is 31.2. The molecule has 0 radical (unpaired) electrons. The van der Waals surface area contributed by atoms with Crippen molar-refractivity contribution >= 4 is 12.1 Å². The molecule has 1 aromatic rings. The summed E-state index contributed by atoms with van der Waals surface area (Å²) in [7, 11) is 0. The maximum Gasteiger partial charge on any atom is 0.543 e. The van der Waals surface area contributed by atoms with Gasteiger partial charge < -0.3 is 4.74 Å². The number of benzene rings is 1. The molecule has 1 atom stereocenters. The van der Waals surface area contributed by atoms with Crippen molar-refractivity contribution < 1.29 is 29.1 Å². The van der Waals surface area contributed by atoms with Gasteiger partial charge in [-0.2, -0.15) is 0 Å². The van der Waals surface area contributed by atoms with E-state index in [9.17, 15) is 9.59 Å². The quantitative estimate of drug-likeness (QED) is 0.469. The van der Waals surface area contributed by atoms with Gasteiger partial charge in [-0.15, -0.1) is 0 Å². The lowest BCUT2D eigenvalue weighted by Gasteiger charge is -2.08. The van der Waals surface area contributed by atoms with Crippen LogP contribution >= 0.6 is 0 Å². The van der Waals surface area contributed by atoms with Gasteiger partial charge in [0.15, 0.2) is 0 Å². The molecule has 1 rings (SSSR count). The van der Waals surface area contributed by atoms with Crippen LogP contribution in [0, 0.1) is 13.8 Å². The fourth-order valence-electron chi connectivity index (χ4n) is 1.48. The van der Waals surface area contributed by atoms with E-state index in [-0.39, 0.29) is 6.10 Å². The first-order valence-corrected chi connectivity index (χ1v) is 6.26. The second-order valence-corrected chi connectivity index (χ2v) is 4.49. The first-order chi connectivity index (χ1) is 9.42. The molecule has 1 aromatic carbocycles. The average Bonchev–Trinajstić information content (AvgIpc) is 2.37. The van der Waals surface area contributed by atoms with E-state index in [1.807, 2.05) is 26.8 Å². The topological polar surface area (TPSA) is 71.1 Å². The molecular weight excluding hydrogens is 264 g/mol. The van der Waals surface area contributed by atoms with Gasteiger partial charge in [-0.25, -0.2) is 14.5 Å². The maximum absolute atomic E-state index is 11.6. The Morgan fingerprint density at radius 1 is 1.10 bits per heavy atom. The van der Waals surface area contributed by atoms with Crippen molar-refractivity contribution in [2.75, 3.05) is 0 Å². The van der Waals surface area contributed by atoms with Crippen molar-refractivity contribution in [2.45, 2.75) is 40.2 Å². The lowest BCUT2D eigenvalue weighted by molar-refractivity contribution is -0.452. The minimum Gasteiger partial charge on any atom is -0.429 e. The average molecular weight is 282 g/mol. The first-order valence-electron chi connectivity index (χ1n) is 6.26. The van der Waals surface area contributed by atoms with Gasteiger partial charge >= 0.3 is 12.1 Å². The molecule has 1 unspecified atom stereocenters. The molecule has 0 aromatic heterocycles. The number of hydrogen-bond donors (Lipinski definition) is 0. The molecule has 0 aliphatic carbocycles. The summed E-state index contributed by atoms with van der Waals surface area (Å²) >= 11 is 0. The summed E-state index contributed by atoms with van der Waals surface area (Å²) in [5.74, 6) is -0.756. The van der Waals surface area contributed by atoms with Crippen LogP contribution in [-0.2, 0) is 19.6 Å². The van der Waals surface area contributed by atoms with Gasteiger partial charge in [0.1, 0.15) is 6.10 Å². The largest absolute Gasteiger partial charge is 0.543 e. The lowest BCUT2D eigenvalue weighted by Crippen LogP contribution is -2.17. The van der Waals surface area contributed by atoms with E-state index in [1.165, 1.54) is 0 Å². The Morgan fingerprint density at radius 3 is 2.25 bits per heavy atom. The molecule has 6 heteroatoms. The van der Waals surface area contributed by atoms with Crippen LogP contribution < -0.4 is 0 Å². The van der Waals surface area contributed by atoms with Gasteiger partial charge in [-0.3, -0.25) is 4.89 Å². The second kappa shape index (κ2) is 7.49. The number of hydrogen-bond acceptors (Lipinski definition) is 6. The fraction of sp³-hybridized carbons (Fsp3) is 0.429. The fourth-order valence-corrected chi connectivity index (χ4v) is 1.48. The SMILES string of the molecule is CCC(C)OC(=O)OOOC(=O)c1cc(C)cc(C)c1. The van der Waals surface area contributed by atoms with Gasteiger partial charge in [0.2, 0.25) is 0 Å². The van der Waals surface area contributed by atoms with E-state index in [4.69, 9.17) is 4.74 Å². The highest BCUT2D eigenvalue weighted by atomic mass is 17.5. The normalized spacial score (nSPS) is 11.6. The zero-order valence-corrected chi connectivity index (χ0v) is 12.0. The van der Waals surface area contributed by atoms with Crippen molar-refractivity contribution in [2.24, 2.45) is 0 Å². The van der Waals surface area contributed by atoms with Crippen LogP contribution in [0.5, 0.6) is 0 Å². The summed E-state index contributed by atoms with van der Waals surface area (Å²) in [5, 5.41) is 4.11. The zero-order chi connectivity index (χ0) is 15.1. The van der Waals surface area contributed by atoms with Gasteiger partial charge in [0, 0.05) is 0 Å². The standard InChI is InChI=1S/C14H18O6/c1-5-11(4)17-14(16)19-20-18-13(15)12-7-9(2)6-10(3)8-12/h6-8,11H,5H2,1-4H3. The highest BCUT2D eigenvalue weighted by Crippen LogP contribution is 2.10. The maximum atomic E-state index is 11.6. The molecule has 0 bridgehead atoms. The third-order valence-electron chi connectivity index (χ3n) is 2.54. The van der Waals surface area contributed by atoms with Gasteiger partial charge in [0.25, 0.3) is 0 Å². The van der Waals surface area contributed by atoms with E-state index in [0.29, 0.717) is 12.0 Å². The first kappa shape index (κ1) is 16.0. The van der Waals surface area contributed by atoms with Crippen molar-refractivity contribution in [1.29, 1.82) is 0 Å². The second-order valence-electron chi connectivity index (χ2n) is 4.49. The summed E-state index contributed by atoms with van der Waals surface area (Å²) in [6.07, 6.45) is -0.730. The Morgan fingerprint density at radius 2 is 1.70 bits per heavy atom. The number of ether oxygens (including phenoxy) is 1. The van der Waals surface area contributed by atoms with Crippen LogP contribution in [0.3, 0.4) is 0 Å². The number of carbonyl (C=O) groups is 2. The highest BCUT2D eigenvalue weighted by Gasteiger charge is 2.14. The number of carbonyl (C=O) groups excluding carboxylic acids is 2. The molecule has 0 aliphatic heterocycles. The minimum absolute atomic E-state index is 0.304. The van der Waals surface area contributed by atoms with E-state index in [2.05, 4.69) is 14.8 Å². The molecule has 0 aliphatic rings. The molecule has 0 saturated carbocycles. The van der Waals surface area contributed by atoms with Crippen LogP contribution in [0.4, 0.5) is 4.79 Å². The van der Waals surface area contributed by atoms with Crippen LogP contribution in [0.2, 0.25) is 0 Å². The molecule has 0 saturated heterocycles. The third-order valence-corrected chi connectivity index (χ3v) is 2.54. The lowest BCUT2D eigenvalue weighted by atomic mass is 10.1. The third kappa shape index (κ3) is 5.27.